The van der Waals surface area contributed by atoms with Crippen LogP contribution >= 0.6 is 15.9 Å². The summed E-state index contributed by atoms with van der Waals surface area (Å²) in [5, 5.41) is 9.27. The Balaban J connectivity index is 2.26. The van der Waals surface area contributed by atoms with Crippen LogP contribution in [0.3, 0.4) is 0 Å². The average molecular weight is 327 g/mol. The highest BCUT2D eigenvalue weighted by atomic mass is 79.9. The van der Waals surface area contributed by atoms with E-state index in [-0.39, 0.29) is 5.91 Å². The molecule has 0 aliphatic carbocycles. The molecule has 0 bridgehead atoms. The van der Waals surface area contributed by atoms with E-state index in [0.29, 0.717) is 23.1 Å². The smallest absolute Gasteiger partial charge is 0.326 e. The van der Waals surface area contributed by atoms with Crippen LogP contribution in [0.1, 0.15) is 36.0 Å². The fraction of sp³-hybridized carbons (Fsp3) is 0.462. The van der Waals surface area contributed by atoms with Crippen molar-refractivity contribution in [2.75, 3.05) is 6.54 Å². The topological polar surface area (TPSA) is 70.5 Å². The number of pyridine rings is 1. The first-order valence-corrected chi connectivity index (χ1v) is 7.04. The van der Waals surface area contributed by atoms with Gasteiger partial charge < -0.3 is 10.0 Å². The Labute approximate surface area is 119 Å². The molecule has 0 radical (unpaired) electrons. The summed E-state index contributed by atoms with van der Waals surface area (Å²) >= 11 is 3.22. The summed E-state index contributed by atoms with van der Waals surface area (Å²) in [6.07, 6.45) is 4.72. The zero-order chi connectivity index (χ0) is 13.8. The van der Waals surface area contributed by atoms with Crippen LogP contribution in [-0.2, 0) is 4.79 Å². The summed E-state index contributed by atoms with van der Waals surface area (Å²) in [7, 11) is 0. The number of hydrogen-bond donors (Lipinski definition) is 1. The van der Waals surface area contributed by atoms with Crippen molar-refractivity contribution < 1.29 is 14.7 Å². The number of carbonyl (C=O) groups is 2. The van der Waals surface area contributed by atoms with Crippen LogP contribution in [0.4, 0.5) is 0 Å². The van der Waals surface area contributed by atoms with Gasteiger partial charge in [0.2, 0.25) is 0 Å². The highest BCUT2D eigenvalue weighted by Gasteiger charge is 2.31. The third-order valence-corrected chi connectivity index (χ3v) is 3.71. The zero-order valence-electron chi connectivity index (χ0n) is 10.4. The highest BCUT2D eigenvalue weighted by molar-refractivity contribution is 9.10. The number of likely N-dealkylation sites (tertiary alicyclic amines) is 1. The van der Waals surface area contributed by atoms with E-state index in [0.717, 1.165) is 19.3 Å². The van der Waals surface area contributed by atoms with E-state index in [1.54, 1.807) is 12.1 Å². The first-order chi connectivity index (χ1) is 9.09. The molecular formula is C13H15BrN2O3. The summed E-state index contributed by atoms with van der Waals surface area (Å²) in [6.45, 7) is 0.496. The Morgan fingerprint density at radius 1 is 1.37 bits per heavy atom. The molecule has 2 rings (SSSR count). The lowest BCUT2D eigenvalue weighted by molar-refractivity contribution is -0.142. The van der Waals surface area contributed by atoms with E-state index in [9.17, 15) is 14.7 Å². The molecule has 19 heavy (non-hydrogen) atoms. The number of amides is 1. The number of halogens is 1. The van der Waals surface area contributed by atoms with Gasteiger partial charge in [-0.25, -0.2) is 9.78 Å². The number of nitrogens with zero attached hydrogens (tertiary/aromatic N) is 2. The normalized spacial score (nSPS) is 19.8. The molecule has 1 aromatic rings. The van der Waals surface area contributed by atoms with Crippen molar-refractivity contribution >= 4 is 27.8 Å². The number of carbonyl (C=O) groups excluding carboxylic acids is 1. The number of carboxylic acids is 1. The minimum Gasteiger partial charge on any atom is -0.480 e. The standard InChI is InChI=1S/C13H15BrN2O3/c14-11-8-9(5-6-15-11)12(17)16-7-3-1-2-4-10(16)13(18)19/h5-6,8,10H,1-4,7H2,(H,18,19). The molecule has 0 saturated carbocycles. The minimum absolute atomic E-state index is 0.239. The Kier molecular flexibility index (Phi) is 4.52. The van der Waals surface area contributed by atoms with E-state index in [1.165, 1.54) is 11.1 Å². The lowest BCUT2D eigenvalue weighted by Crippen LogP contribution is -2.44. The van der Waals surface area contributed by atoms with Crippen LogP contribution in [0.15, 0.2) is 22.9 Å². The molecule has 1 fully saturated rings. The van der Waals surface area contributed by atoms with Crippen LogP contribution in [0.2, 0.25) is 0 Å². The second-order valence-corrected chi connectivity index (χ2v) is 5.38. The van der Waals surface area contributed by atoms with E-state index in [4.69, 9.17) is 0 Å². The molecule has 1 saturated heterocycles. The van der Waals surface area contributed by atoms with Crippen LogP contribution in [0, 0.1) is 0 Å². The van der Waals surface area contributed by atoms with Crippen molar-refractivity contribution in [2.24, 2.45) is 0 Å². The van der Waals surface area contributed by atoms with Crippen molar-refractivity contribution in [1.29, 1.82) is 0 Å². The molecule has 2 heterocycles. The maximum atomic E-state index is 12.4. The predicted molar refractivity (Wildman–Crippen MR) is 72.9 cm³/mol. The van der Waals surface area contributed by atoms with Crippen molar-refractivity contribution in [1.82, 2.24) is 9.88 Å². The fourth-order valence-electron chi connectivity index (χ4n) is 2.31. The summed E-state index contributed by atoms with van der Waals surface area (Å²) in [4.78, 5) is 29.2. The first kappa shape index (κ1) is 14.0. The van der Waals surface area contributed by atoms with Crippen molar-refractivity contribution in [3.63, 3.8) is 0 Å². The number of aromatic nitrogens is 1. The molecule has 1 aromatic heterocycles. The molecule has 1 atom stereocenters. The number of carboxylic acid groups (broad SMARTS) is 1. The van der Waals surface area contributed by atoms with Crippen LogP contribution < -0.4 is 0 Å². The van der Waals surface area contributed by atoms with Gasteiger partial charge in [-0.3, -0.25) is 4.79 Å². The first-order valence-electron chi connectivity index (χ1n) is 6.25. The Bertz CT molecular complexity index is 493. The van der Waals surface area contributed by atoms with Crippen LogP contribution in [0.5, 0.6) is 0 Å². The average Bonchev–Trinajstić information content (AvgIpc) is 2.63. The molecule has 1 aliphatic heterocycles. The Morgan fingerprint density at radius 3 is 2.84 bits per heavy atom. The van der Waals surface area contributed by atoms with Crippen molar-refractivity contribution in [2.45, 2.75) is 31.7 Å². The molecule has 1 unspecified atom stereocenters. The van der Waals surface area contributed by atoms with E-state index >= 15 is 0 Å². The minimum atomic E-state index is -0.927. The van der Waals surface area contributed by atoms with E-state index in [2.05, 4.69) is 20.9 Å². The molecule has 5 nitrogen and oxygen atoms in total. The lowest BCUT2D eigenvalue weighted by Gasteiger charge is -2.27. The summed E-state index contributed by atoms with van der Waals surface area (Å²) in [5.41, 5.74) is 0.468. The number of aliphatic carboxylic acids is 1. The maximum absolute atomic E-state index is 12.4. The summed E-state index contributed by atoms with van der Waals surface area (Å²) in [5.74, 6) is -1.17. The second-order valence-electron chi connectivity index (χ2n) is 4.57. The van der Waals surface area contributed by atoms with Gasteiger partial charge in [-0.2, -0.15) is 0 Å². The second kappa shape index (κ2) is 6.14. The molecule has 6 heteroatoms. The molecule has 102 valence electrons. The SMILES string of the molecule is O=C(O)C1CCCCCN1C(=O)c1ccnc(Br)c1. The highest BCUT2D eigenvalue weighted by Crippen LogP contribution is 2.20. The third kappa shape index (κ3) is 3.32. The van der Waals surface area contributed by atoms with Gasteiger partial charge in [0.05, 0.1) is 0 Å². The summed E-state index contributed by atoms with van der Waals surface area (Å²) < 4.78 is 0.569. The van der Waals surface area contributed by atoms with Crippen molar-refractivity contribution in [3.8, 4) is 0 Å². The number of rotatable bonds is 2. The largest absolute Gasteiger partial charge is 0.480 e. The molecular weight excluding hydrogens is 312 g/mol. The summed E-state index contributed by atoms with van der Waals surface area (Å²) in [6, 6.07) is 2.50. The van der Waals surface area contributed by atoms with Crippen LogP contribution in [-0.4, -0.2) is 39.5 Å². The molecule has 1 aliphatic rings. The molecule has 0 spiro atoms. The lowest BCUT2D eigenvalue weighted by atomic mass is 10.1. The van der Waals surface area contributed by atoms with Gasteiger partial charge in [0.25, 0.3) is 5.91 Å². The molecule has 1 N–H and O–H groups in total. The van der Waals surface area contributed by atoms with Gasteiger partial charge in [0.15, 0.2) is 0 Å². The van der Waals surface area contributed by atoms with E-state index < -0.39 is 12.0 Å². The maximum Gasteiger partial charge on any atom is 0.326 e. The number of hydrogen-bond acceptors (Lipinski definition) is 3. The zero-order valence-corrected chi connectivity index (χ0v) is 12.0. The third-order valence-electron chi connectivity index (χ3n) is 3.27. The van der Waals surface area contributed by atoms with Gasteiger partial charge in [-0.05, 0) is 40.9 Å². The van der Waals surface area contributed by atoms with E-state index in [1.807, 2.05) is 0 Å². The van der Waals surface area contributed by atoms with Gasteiger partial charge in [0, 0.05) is 18.3 Å². The molecule has 0 aromatic carbocycles. The Morgan fingerprint density at radius 2 is 2.16 bits per heavy atom. The van der Waals surface area contributed by atoms with Gasteiger partial charge in [-0.15, -0.1) is 0 Å². The monoisotopic (exact) mass is 326 g/mol. The predicted octanol–water partition coefficient (Wildman–Crippen LogP) is 2.31. The van der Waals surface area contributed by atoms with Crippen molar-refractivity contribution in [3.05, 3.63) is 28.5 Å². The van der Waals surface area contributed by atoms with Crippen LogP contribution in [0.25, 0.3) is 0 Å². The quantitative estimate of drug-likeness (QED) is 0.846. The Hall–Kier alpha value is -1.43. The van der Waals surface area contributed by atoms with Gasteiger partial charge in [-0.1, -0.05) is 12.8 Å². The van der Waals surface area contributed by atoms with Gasteiger partial charge >= 0.3 is 5.97 Å². The molecule has 1 amide bonds. The van der Waals surface area contributed by atoms with Gasteiger partial charge in [0.1, 0.15) is 10.6 Å². The fourth-order valence-corrected chi connectivity index (χ4v) is 2.67.